The fourth-order valence-corrected chi connectivity index (χ4v) is 2.59. The van der Waals surface area contributed by atoms with Gasteiger partial charge in [0.25, 0.3) is 0 Å². The highest BCUT2D eigenvalue weighted by molar-refractivity contribution is 5.87. The van der Waals surface area contributed by atoms with E-state index in [-0.39, 0.29) is 0 Å². The zero-order chi connectivity index (χ0) is 13.9. The zero-order valence-corrected chi connectivity index (χ0v) is 11.9. The summed E-state index contributed by atoms with van der Waals surface area (Å²) >= 11 is 0. The van der Waals surface area contributed by atoms with E-state index < -0.39 is 0 Å². The molecule has 0 nitrogen and oxygen atoms in total. The first-order chi connectivity index (χ1) is 9.77. The summed E-state index contributed by atoms with van der Waals surface area (Å²) in [6, 6.07) is 21.2. The average Bonchev–Trinajstić information content (AvgIpc) is 2.48. The van der Waals surface area contributed by atoms with E-state index >= 15 is 0 Å². The van der Waals surface area contributed by atoms with E-state index in [0.29, 0.717) is 0 Å². The van der Waals surface area contributed by atoms with E-state index in [2.05, 4.69) is 86.7 Å². The van der Waals surface area contributed by atoms with Crippen molar-refractivity contribution in [1.82, 2.24) is 0 Å². The molecule has 0 unspecified atom stereocenters. The molecule has 3 rings (SSSR count). The maximum Gasteiger partial charge on any atom is -0.0146 e. The fourth-order valence-electron chi connectivity index (χ4n) is 2.59. The Balaban J connectivity index is 2.05. The second-order valence-corrected chi connectivity index (χ2v) is 5.14. The van der Waals surface area contributed by atoms with Crippen molar-refractivity contribution in [3.05, 3.63) is 95.1 Å². The molecule has 98 valence electrons. The molecule has 0 fully saturated rings. The van der Waals surface area contributed by atoms with Gasteiger partial charge in [-0.25, -0.2) is 0 Å². The molecule has 0 atom stereocenters. The molecule has 0 radical (unpaired) electrons. The van der Waals surface area contributed by atoms with Gasteiger partial charge in [0.1, 0.15) is 0 Å². The Hall–Kier alpha value is -2.34. The van der Waals surface area contributed by atoms with Crippen molar-refractivity contribution < 1.29 is 0 Å². The minimum atomic E-state index is 1.30. The third-order valence-electron chi connectivity index (χ3n) is 3.93. The van der Waals surface area contributed by atoms with Crippen LogP contribution in [0.3, 0.4) is 0 Å². The molecule has 1 aliphatic carbocycles. The van der Waals surface area contributed by atoms with Gasteiger partial charge < -0.3 is 0 Å². The second kappa shape index (κ2) is 5.34. The topological polar surface area (TPSA) is 0 Å². The zero-order valence-electron chi connectivity index (χ0n) is 11.9. The number of allylic oxidation sites excluding steroid dienone is 6. The van der Waals surface area contributed by atoms with Crippen molar-refractivity contribution in [2.24, 2.45) is 0 Å². The lowest BCUT2D eigenvalue weighted by Crippen LogP contribution is -2.00. The molecule has 0 heterocycles. The molecule has 2 aromatic carbocycles. The molecule has 2 aromatic rings. The lowest BCUT2D eigenvalue weighted by Gasteiger charge is -2.21. The highest BCUT2D eigenvalue weighted by Crippen LogP contribution is 2.36. The number of rotatable bonds is 2. The van der Waals surface area contributed by atoms with Gasteiger partial charge in [0, 0.05) is 0 Å². The summed E-state index contributed by atoms with van der Waals surface area (Å²) in [7, 11) is 0. The Kier molecular flexibility index (Phi) is 3.39. The van der Waals surface area contributed by atoms with Gasteiger partial charge in [-0.1, -0.05) is 72.8 Å². The minimum absolute atomic E-state index is 1.30. The summed E-state index contributed by atoms with van der Waals surface area (Å²) in [5.74, 6) is 0. The van der Waals surface area contributed by atoms with Gasteiger partial charge in [-0.2, -0.15) is 0 Å². The highest BCUT2D eigenvalue weighted by Gasteiger charge is 2.16. The summed E-state index contributed by atoms with van der Waals surface area (Å²) in [5.41, 5.74) is 8.00. The maximum absolute atomic E-state index is 2.21. The highest BCUT2D eigenvalue weighted by atomic mass is 14.2. The lowest BCUT2D eigenvalue weighted by atomic mass is 9.84. The van der Waals surface area contributed by atoms with Crippen LogP contribution < -0.4 is 0 Å². The molecule has 1 aliphatic rings. The summed E-state index contributed by atoms with van der Waals surface area (Å²) in [6.45, 7) is 4.40. The summed E-state index contributed by atoms with van der Waals surface area (Å²) < 4.78 is 0. The Labute approximate surface area is 120 Å². The van der Waals surface area contributed by atoms with Gasteiger partial charge in [0.15, 0.2) is 0 Å². The second-order valence-electron chi connectivity index (χ2n) is 5.14. The van der Waals surface area contributed by atoms with Crippen LogP contribution >= 0.6 is 0 Å². The number of hydrogen-bond donors (Lipinski definition) is 0. The minimum Gasteiger partial charge on any atom is -0.0622 e. The van der Waals surface area contributed by atoms with Crippen molar-refractivity contribution in [2.75, 3.05) is 0 Å². The van der Waals surface area contributed by atoms with Crippen LogP contribution in [0.15, 0.2) is 84.0 Å². The molecule has 0 N–H and O–H groups in total. The molecule has 0 bridgehead atoms. The summed E-state index contributed by atoms with van der Waals surface area (Å²) in [4.78, 5) is 0. The van der Waals surface area contributed by atoms with Gasteiger partial charge in [0.2, 0.25) is 0 Å². The summed E-state index contributed by atoms with van der Waals surface area (Å²) in [5, 5.41) is 0. The first kappa shape index (κ1) is 12.7. The number of benzene rings is 2. The number of hydrogen-bond acceptors (Lipinski definition) is 0. The van der Waals surface area contributed by atoms with Gasteiger partial charge >= 0.3 is 0 Å². The van der Waals surface area contributed by atoms with Crippen LogP contribution in [0, 0.1) is 0 Å². The maximum atomic E-state index is 2.21. The van der Waals surface area contributed by atoms with E-state index in [0.717, 1.165) is 0 Å². The molecule has 0 heteroatoms. The first-order valence-corrected chi connectivity index (χ1v) is 6.98. The van der Waals surface area contributed by atoms with Crippen molar-refractivity contribution in [1.29, 1.82) is 0 Å². The Morgan fingerprint density at radius 3 is 1.20 bits per heavy atom. The van der Waals surface area contributed by atoms with Crippen LogP contribution in [-0.2, 0) is 0 Å². The van der Waals surface area contributed by atoms with E-state index in [1.807, 2.05) is 0 Å². The van der Waals surface area contributed by atoms with E-state index in [1.54, 1.807) is 0 Å². The van der Waals surface area contributed by atoms with E-state index in [4.69, 9.17) is 0 Å². The van der Waals surface area contributed by atoms with Gasteiger partial charge in [-0.05, 0) is 47.3 Å². The third-order valence-corrected chi connectivity index (χ3v) is 3.93. The van der Waals surface area contributed by atoms with Crippen LogP contribution in [0.1, 0.15) is 25.0 Å². The monoisotopic (exact) mass is 258 g/mol. The van der Waals surface area contributed by atoms with Crippen LogP contribution in [0.4, 0.5) is 0 Å². The molecule has 0 saturated heterocycles. The largest absolute Gasteiger partial charge is 0.0622 e. The fraction of sp³-hybridized carbons (Fsp3) is 0.100. The predicted molar refractivity (Wildman–Crippen MR) is 87.2 cm³/mol. The van der Waals surface area contributed by atoms with Gasteiger partial charge in [-0.3, -0.25) is 0 Å². The van der Waals surface area contributed by atoms with Crippen molar-refractivity contribution >= 4 is 11.1 Å². The molecule has 0 spiro atoms. The molecule has 0 aromatic heterocycles. The Bertz CT molecular complexity index is 635. The van der Waals surface area contributed by atoms with Crippen LogP contribution in [0.25, 0.3) is 11.1 Å². The van der Waals surface area contributed by atoms with Crippen molar-refractivity contribution in [2.45, 2.75) is 13.8 Å². The quantitative estimate of drug-likeness (QED) is 0.667. The first-order valence-electron chi connectivity index (χ1n) is 6.98. The molecule has 0 saturated carbocycles. The smallest absolute Gasteiger partial charge is 0.0146 e. The molecule has 0 aliphatic heterocycles. The average molecular weight is 258 g/mol. The molecule has 20 heavy (non-hydrogen) atoms. The van der Waals surface area contributed by atoms with Crippen molar-refractivity contribution in [3.8, 4) is 0 Å². The van der Waals surface area contributed by atoms with Crippen LogP contribution in [0.2, 0.25) is 0 Å². The standard InChI is InChI=1S/C20H18/c1-15(17-9-5-3-6-10-17)19-13-14-20(19)16(2)18-11-7-4-8-12-18/h3-14H,1-2H3/b19-15-,20-16+. The van der Waals surface area contributed by atoms with Crippen molar-refractivity contribution in [3.63, 3.8) is 0 Å². The molecular weight excluding hydrogens is 240 g/mol. The van der Waals surface area contributed by atoms with Crippen LogP contribution in [0.5, 0.6) is 0 Å². The molecular formula is C20H18. The SMILES string of the molecule is C/C(=C1C=CC\1=C(\C)c1ccccc1)c1ccccc1. The Morgan fingerprint density at radius 2 is 0.900 bits per heavy atom. The lowest BCUT2D eigenvalue weighted by molar-refractivity contribution is 1.39. The Morgan fingerprint density at radius 1 is 0.550 bits per heavy atom. The third kappa shape index (κ3) is 2.25. The normalized spacial score (nSPS) is 18.5. The van der Waals surface area contributed by atoms with Crippen LogP contribution in [-0.4, -0.2) is 0 Å². The van der Waals surface area contributed by atoms with E-state index in [1.165, 1.54) is 33.4 Å². The van der Waals surface area contributed by atoms with Gasteiger partial charge in [-0.15, -0.1) is 0 Å². The summed E-state index contributed by atoms with van der Waals surface area (Å²) in [6.07, 6.45) is 4.42. The molecule has 0 amide bonds. The van der Waals surface area contributed by atoms with Gasteiger partial charge in [0.05, 0.1) is 0 Å². The van der Waals surface area contributed by atoms with E-state index in [9.17, 15) is 0 Å². The predicted octanol–water partition coefficient (Wildman–Crippen LogP) is 5.50.